The maximum absolute atomic E-state index is 13.4. The van der Waals surface area contributed by atoms with Gasteiger partial charge in [0.15, 0.2) is 17.7 Å². The Morgan fingerprint density at radius 2 is 2.33 bits per heavy atom. The van der Waals surface area contributed by atoms with Gasteiger partial charge in [-0.05, 0) is 12.5 Å². The van der Waals surface area contributed by atoms with Crippen molar-refractivity contribution < 1.29 is 9.13 Å². The summed E-state index contributed by atoms with van der Waals surface area (Å²) < 4.78 is 18.6. The zero-order valence-corrected chi connectivity index (χ0v) is 8.53. The van der Waals surface area contributed by atoms with E-state index < -0.39 is 11.9 Å². The molecule has 0 saturated heterocycles. The van der Waals surface area contributed by atoms with E-state index in [1.54, 1.807) is 19.1 Å². The lowest BCUT2D eigenvalue weighted by atomic mass is 10.2. The smallest absolute Gasteiger partial charge is 0.184 e. The van der Waals surface area contributed by atoms with Crippen molar-refractivity contribution in [2.24, 2.45) is 5.73 Å². The van der Waals surface area contributed by atoms with Crippen LogP contribution in [0.1, 0.15) is 18.9 Å². The highest BCUT2D eigenvalue weighted by molar-refractivity contribution is 5.35. The van der Waals surface area contributed by atoms with Crippen molar-refractivity contribution in [1.82, 2.24) is 0 Å². The molecule has 1 atom stereocenters. The molecule has 0 bridgehead atoms. The number of hydrogen-bond donors (Lipinski definition) is 1. The fraction of sp³-hybridized carbons (Fsp3) is 0.364. The van der Waals surface area contributed by atoms with Crippen LogP contribution in [-0.4, -0.2) is 6.10 Å². The van der Waals surface area contributed by atoms with E-state index in [-0.39, 0.29) is 12.3 Å². The van der Waals surface area contributed by atoms with Crippen molar-refractivity contribution in [2.75, 3.05) is 0 Å². The molecule has 1 aromatic rings. The number of halogens is 1. The minimum Gasteiger partial charge on any atom is -0.472 e. The van der Waals surface area contributed by atoms with E-state index >= 15 is 0 Å². The Hall–Kier alpha value is -1.60. The first kappa shape index (κ1) is 11.5. The fourth-order valence-corrected chi connectivity index (χ4v) is 1.19. The highest BCUT2D eigenvalue weighted by Gasteiger charge is 2.13. The maximum atomic E-state index is 13.4. The Morgan fingerprint density at radius 1 is 1.60 bits per heavy atom. The van der Waals surface area contributed by atoms with Crippen molar-refractivity contribution in [3.05, 3.63) is 29.6 Å². The standard InChI is InChI=1S/C11H13FN2O/c1-2-9(7-14)15-11-8(6-13)4-3-5-10(11)12/h3-5,9H,2,6,13H2,1H3. The highest BCUT2D eigenvalue weighted by atomic mass is 19.1. The van der Waals surface area contributed by atoms with E-state index in [1.165, 1.54) is 6.07 Å². The van der Waals surface area contributed by atoms with Gasteiger partial charge in [-0.2, -0.15) is 5.26 Å². The van der Waals surface area contributed by atoms with Crippen molar-refractivity contribution in [1.29, 1.82) is 5.26 Å². The Balaban J connectivity index is 2.97. The van der Waals surface area contributed by atoms with Gasteiger partial charge in [0.05, 0.1) is 0 Å². The van der Waals surface area contributed by atoms with Gasteiger partial charge in [-0.1, -0.05) is 19.1 Å². The van der Waals surface area contributed by atoms with Crippen LogP contribution in [0.3, 0.4) is 0 Å². The lowest BCUT2D eigenvalue weighted by Crippen LogP contribution is -2.15. The summed E-state index contributed by atoms with van der Waals surface area (Å²) in [7, 11) is 0. The number of nitrogens with zero attached hydrogens (tertiary/aromatic N) is 1. The third-order valence-electron chi connectivity index (χ3n) is 2.04. The molecule has 0 heterocycles. The first-order chi connectivity index (χ1) is 7.22. The van der Waals surface area contributed by atoms with Crippen LogP contribution in [0.2, 0.25) is 0 Å². The Kier molecular flexibility index (Phi) is 4.07. The molecule has 1 aromatic carbocycles. The first-order valence-corrected chi connectivity index (χ1v) is 4.76. The monoisotopic (exact) mass is 208 g/mol. The molecular formula is C11H13FN2O. The average molecular weight is 208 g/mol. The summed E-state index contributed by atoms with van der Waals surface area (Å²) in [6, 6.07) is 6.49. The highest BCUT2D eigenvalue weighted by Crippen LogP contribution is 2.23. The van der Waals surface area contributed by atoms with Gasteiger partial charge in [0.1, 0.15) is 6.07 Å². The van der Waals surface area contributed by atoms with E-state index in [9.17, 15) is 4.39 Å². The van der Waals surface area contributed by atoms with Crippen molar-refractivity contribution >= 4 is 0 Å². The zero-order valence-electron chi connectivity index (χ0n) is 8.53. The summed E-state index contributed by atoms with van der Waals surface area (Å²) in [5, 5.41) is 8.71. The number of nitrogens with two attached hydrogens (primary N) is 1. The van der Waals surface area contributed by atoms with Gasteiger partial charge in [-0.3, -0.25) is 0 Å². The molecule has 0 aromatic heterocycles. The molecule has 80 valence electrons. The molecule has 1 unspecified atom stereocenters. The second-order valence-electron chi connectivity index (χ2n) is 3.08. The quantitative estimate of drug-likeness (QED) is 0.822. The molecule has 0 radical (unpaired) electrons. The molecule has 0 aliphatic carbocycles. The number of hydrogen-bond acceptors (Lipinski definition) is 3. The van der Waals surface area contributed by atoms with E-state index in [2.05, 4.69) is 0 Å². The average Bonchev–Trinajstić information content (AvgIpc) is 2.27. The van der Waals surface area contributed by atoms with Crippen LogP contribution in [-0.2, 0) is 6.54 Å². The second kappa shape index (κ2) is 5.32. The summed E-state index contributed by atoms with van der Waals surface area (Å²) in [6.07, 6.45) is -0.123. The number of para-hydroxylation sites is 1. The van der Waals surface area contributed by atoms with Crippen LogP contribution in [0, 0.1) is 17.1 Å². The Labute approximate surface area is 88.3 Å². The van der Waals surface area contributed by atoms with E-state index in [1.807, 2.05) is 6.07 Å². The van der Waals surface area contributed by atoms with Gasteiger partial charge in [0.2, 0.25) is 0 Å². The molecule has 0 fully saturated rings. The van der Waals surface area contributed by atoms with Crippen LogP contribution >= 0.6 is 0 Å². The van der Waals surface area contributed by atoms with Gasteiger partial charge in [0, 0.05) is 12.1 Å². The topological polar surface area (TPSA) is 59.0 Å². The van der Waals surface area contributed by atoms with Crippen molar-refractivity contribution in [3.8, 4) is 11.8 Å². The molecule has 3 nitrogen and oxygen atoms in total. The van der Waals surface area contributed by atoms with Crippen LogP contribution in [0.5, 0.6) is 5.75 Å². The Morgan fingerprint density at radius 3 is 2.87 bits per heavy atom. The maximum Gasteiger partial charge on any atom is 0.184 e. The third kappa shape index (κ3) is 2.67. The van der Waals surface area contributed by atoms with Crippen LogP contribution < -0.4 is 10.5 Å². The third-order valence-corrected chi connectivity index (χ3v) is 2.04. The van der Waals surface area contributed by atoms with Gasteiger partial charge < -0.3 is 10.5 Å². The summed E-state index contributed by atoms with van der Waals surface area (Å²) in [5.74, 6) is -0.389. The lowest BCUT2D eigenvalue weighted by Gasteiger charge is -2.14. The minimum absolute atomic E-state index is 0.0911. The van der Waals surface area contributed by atoms with Gasteiger partial charge in [-0.25, -0.2) is 4.39 Å². The molecule has 1 rings (SSSR count). The lowest BCUT2D eigenvalue weighted by molar-refractivity contribution is 0.238. The van der Waals surface area contributed by atoms with Crippen molar-refractivity contribution in [2.45, 2.75) is 26.0 Å². The summed E-state index contributed by atoms with van der Waals surface area (Å²) >= 11 is 0. The van der Waals surface area contributed by atoms with Gasteiger partial charge >= 0.3 is 0 Å². The molecule has 0 amide bonds. The van der Waals surface area contributed by atoms with E-state index in [4.69, 9.17) is 15.7 Å². The fourth-order valence-electron chi connectivity index (χ4n) is 1.19. The van der Waals surface area contributed by atoms with Crippen LogP contribution in [0.25, 0.3) is 0 Å². The molecule has 0 spiro atoms. The summed E-state index contributed by atoms with van der Waals surface area (Å²) in [4.78, 5) is 0. The minimum atomic E-state index is -0.632. The molecule has 0 aliphatic heterocycles. The Bertz CT molecular complexity index is 373. The summed E-state index contributed by atoms with van der Waals surface area (Å²) in [5.41, 5.74) is 6.02. The van der Waals surface area contributed by atoms with Crippen LogP contribution in [0.4, 0.5) is 4.39 Å². The first-order valence-electron chi connectivity index (χ1n) is 4.76. The molecule has 0 saturated carbocycles. The SMILES string of the molecule is CCC(C#N)Oc1c(F)cccc1CN. The number of rotatable bonds is 4. The molecule has 2 N–H and O–H groups in total. The van der Waals surface area contributed by atoms with Gasteiger partial charge in [0.25, 0.3) is 0 Å². The van der Waals surface area contributed by atoms with E-state index in [0.717, 1.165) is 0 Å². The molecular weight excluding hydrogens is 195 g/mol. The van der Waals surface area contributed by atoms with Crippen LogP contribution in [0.15, 0.2) is 18.2 Å². The van der Waals surface area contributed by atoms with E-state index in [0.29, 0.717) is 12.0 Å². The van der Waals surface area contributed by atoms with Gasteiger partial charge in [-0.15, -0.1) is 0 Å². The second-order valence-corrected chi connectivity index (χ2v) is 3.08. The normalized spacial score (nSPS) is 11.9. The molecule has 4 heteroatoms. The largest absolute Gasteiger partial charge is 0.472 e. The van der Waals surface area contributed by atoms with Crippen molar-refractivity contribution in [3.63, 3.8) is 0 Å². The molecule has 15 heavy (non-hydrogen) atoms. The number of nitriles is 1. The zero-order chi connectivity index (χ0) is 11.3. The number of ether oxygens (including phenoxy) is 1. The predicted octanol–water partition coefficient (Wildman–Crippen LogP) is 1.97. The summed E-state index contributed by atoms with van der Waals surface area (Å²) in [6.45, 7) is 1.99. The number of benzene rings is 1. The predicted molar refractivity (Wildman–Crippen MR) is 54.6 cm³/mol. The molecule has 0 aliphatic rings.